The zero-order valence-electron chi connectivity index (χ0n) is 4.46. The van der Waals surface area contributed by atoms with Crippen LogP contribution in [0.5, 0.6) is 0 Å². The lowest BCUT2D eigenvalue weighted by Crippen LogP contribution is -1.66. The van der Waals surface area contributed by atoms with Gasteiger partial charge in [-0.05, 0) is 12.1 Å². The van der Waals surface area contributed by atoms with E-state index in [0.29, 0.717) is 0 Å². The van der Waals surface area contributed by atoms with Gasteiger partial charge in [-0.3, -0.25) is 0 Å². The lowest BCUT2D eigenvalue weighted by atomic mass is 10.3. The molecule has 0 amide bonds. The molecule has 0 heterocycles. The molecular weight excluding hydrogens is 98.1 g/mol. The molecule has 8 heavy (non-hydrogen) atoms. The van der Waals surface area contributed by atoms with Gasteiger partial charge in [0, 0.05) is 5.56 Å². The quantitative estimate of drug-likeness (QED) is 0.347. The molecule has 0 N–H and O–H groups in total. The van der Waals surface area contributed by atoms with Gasteiger partial charge in [-0.25, -0.2) is 0 Å². The summed E-state index contributed by atoms with van der Waals surface area (Å²) in [6, 6.07) is 9.60. The van der Waals surface area contributed by atoms with Crippen LogP contribution in [0, 0.1) is 12.3 Å². The summed E-state index contributed by atoms with van der Waals surface area (Å²) in [4.78, 5) is 0. The smallest absolute Gasteiger partial charge is 0.0242 e. The summed E-state index contributed by atoms with van der Waals surface area (Å²) in [5.41, 5.74) is 0.938. The summed E-state index contributed by atoms with van der Waals surface area (Å²) in [6.45, 7) is 0. The molecule has 0 bridgehead atoms. The minimum absolute atomic E-state index is 0.938. The topological polar surface area (TPSA) is 0 Å². The van der Waals surface area contributed by atoms with Gasteiger partial charge in [-0.1, -0.05) is 24.1 Å². The zero-order chi connectivity index (χ0) is 5.82. The molecule has 0 aliphatic rings. The Kier molecular flexibility index (Phi) is 1.34. The van der Waals surface area contributed by atoms with Gasteiger partial charge >= 0.3 is 0 Å². The summed E-state index contributed by atoms with van der Waals surface area (Å²) in [5.74, 6) is 2.53. The zero-order valence-corrected chi connectivity index (χ0v) is 4.46. The van der Waals surface area contributed by atoms with E-state index in [0.717, 1.165) is 5.56 Å². The van der Waals surface area contributed by atoms with Crippen LogP contribution in [0.1, 0.15) is 5.56 Å². The van der Waals surface area contributed by atoms with Crippen molar-refractivity contribution in [2.24, 2.45) is 0 Å². The van der Waals surface area contributed by atoms with E-state index in [2.05, 4.69) is 5.92 Å². The molecule has 0 radical (unpaired) electrons. The Labute approximate surface area is 49.2 Å². The minimum Gasteiger partial charge on any atom is -0.115 e. The van der Waals surface area contributed by atoms with Crippen molar-refractivity contribution in [3.8, 4) is 12.3 Å². The Morgan fingerprint density at radius 2 is 1.75 bits per heavy atom. The fourth-order valence-electron chi connectivity index (χ4n) is 0.534. The number of rotatable bonds is 0. The maximum atomic E-state index is 5.10. The molecule has 0 saturated heterocycles. The summed E-state index contributed by atoms with van der Waals surface area (Å²) < 4.78 is 0. The highest BCUT2D eigenvalue weighted by Gasteiger charge is 1.76. The Morgan fingerprint density at radius 3 is 2.12 bits per heavy atom. The van der Waals surface area contributed by atoms with E-state index in [1.54, 1.807) is 0 Å². The molecule has 0 saturated carbocycles. The molecule has 0 aromatic heterocycles. The second kappa shape index (κ2) is 2.18. The van der Waals surface area contributed by atoms with E-state index >= 15 is 0 Å². The van der Waals surface area contributed by atoms with Crippen molar-refractivity contribution in [3.63, 3.8) is 0 Å². The van der Waals surface area contributed by atoms with Gasteiger partial charge in [0.25, 0.3) is 0 Å². The molecule has 0 atom stereocenters. The average molecular weight is 104 g/mol. The Hall–Kier alpha value is -1.22. The van der Waals surface area contributed by atoms with Crippen LogP contribution >= 0.6 is 0 Å². The van der Waals surface area contributed by atoms with Gasteiger partial charge < -0.3 is 0 Å². The van der Waals surface area contributed by atoms with Crippen LogP contribution < -0.4 is 0 Å². The van der Waals surface area contributed by atoms with Gasteiger partial charge in [0.1, 0.15) is 0 Å². The van der Waals surface area contributed by atoms with Gasteiger partial charge in [-0.15, -0.1) is 6.42 Å². The molecule has 0 aliphatic heterocycles. The number of hydrogen-bond donors (Lipinski definition) is 0. The van der Waals surface area contributed by atoms with Gasteiger partial charge in [-0.2, -0.15) is 0 Å². The predicted molar refractivity (Wildman–Crippen MR) is 34.4 cm³/mol. The first-order valence-electron chi connectivity index (χ1n) is 2.45. The summed E-state index contributed by atoms with van der Waals surface area (Å²) in [7, 11) is 0. The van der Waals surface area contributed by atoms with E-state index < -0.39 is 0 Å². The van der Waals surface area contributed by atoms with Crippen molar-refractivity contribution < 1.29 is 0 Å². The molecule has 0 spiro atoms. The molecule has 0 fully saturated rings. The number of benzene rings is 1. The van der Waals surface area contributed by atoms with E-state index in [9.17, 15) is 0 Å². The predicted octanol–water partition coefficient (Wildman–Crippen LogP) is 1.67. The molecule has 1 aromatic rings. The first-order chi connectivity index (χ1) is 3.93. The molecule has 0 nitrogen and oxygen atoms in total. The fraction of sp³-hybridized carbons (Fsp3) is 0. The van der Waals surface area contributed by atoms with Crippen LogP contribution in [-0.4, -0.2) is 0 Å². The van der Waals surface area contributed by atoms with Gasteiger partial charge in [0.15, 0.2) is 0 Å². The van der Waals surface area contributed by atoms with E-state index in [1.807, 2.05) is 30.3 Å². The molecule has 0 aliphatic carbocycles. The first-order valence-corrected chi connectivity index (χ1v) is 2.45. The fourth-order valence-corrected chi connectivity index (χ4v) is 0.534. The summed E-state index contributed by atoms with van der Waals surface area (Å²) in [6.07, 6.45) is 5.10. The lowest BCUT2D eigenvalue weighted by molar-refractivity contribution is 1.65. The van der Waals surface area contributed by atoms with E-state index in [-0.39, 0.29) is 0 Å². The highest BCUT2D eigenvalue weighted by atomic mass is 14.1. The third kappa shape index (κ3) is 0.886. The van der Waals surface area contributed by atoms with Crippen LogP contribution in [0.2, 0.25) is 0 Å². The van der Waals surface area contributed by atoms with Crippen molar-refractivity contribution in [2.45, 2.75) is 0 Å². The largest absolute Gasteiger partial charge is 0.115 e. The maximum Gasteiger partial charge on any atom is 0.0242 e. The maximum absolute atomic E-state index is 5.10. The summed E-state index contributed by atoms with van der Waals surface area (Å²) in [5, 5.41) is 0. The standard InChI is InChI=1S/C8H6/c1-2-8-6-4-3-5-7-8/h1,3-7H/i1+1,2+1. The van der Waals surface area contributed by atoms with Crippen LogP contribution in [0.4, 0.5) is 0 Å². The van der Waals surface area contributed by atoms with Gasteiger partial charge in [0.2, 0.25) is 0 Å². The SMILES string of the molecule is [13CH]#[13C]c1ccccc1. The second-order valence-electron chi connectivity index (χ2n) is 1.51. The molecule has 1 rings (SSSR count). The van der Waals surface area contributed by atoms with Gasteiger partial charge in [0.05, 0.1) is 0 Å². The van der Waals surface area contributed by atoms with E-state index in [1.165, 1.54) is 0 Å². The Balaban J connectivity index is 3.05. The van der Waals surface area contributed by atoms with Crippen molar-refractivity contribution in [2.75, 3.05) is 0 Å². The van der Waals surface area contributed by atoms with Crippen molar-refractivity contribution in [1.29, 1.82) is 0 Å². The van der Waals surface area contributed by atoms with Crippen LogP contribution in [0.3, 0.4) is 0 Å². The van der Waals surface area contributed by atoms with Crippen LogP contribution in [0.15, 0.2) is 30.3 Å². The highest BCUT2D eigenvalue weighted by Crippen LogP contribution is 1.92. The normalized spacial score (nSPS) is 7.88. The first kappa shape index (κ1) is 4.93. The number of terminal acetylenes is 1. The lowest BCUT2D eigenvalue weighted by Gasteiger charge is -1.82. The molecule has 38 valence electrons. The van der Waals surface area contributed by atoms with Crippen molar-refractivity contribution >= 4 is 0 Å². The van der Waals surface area contributed by atoms with Crippen molar-refractivity contribution in [1.82, 2.24) is 0 Å². The van der Waals surface area contributed by atoms with Crippen molar-refractivity contribution in [3.05, 3.63) is 35.9 Å². The molecule has 1 aromatic carbocycles. The van der Waals surface area contributed by atoms with E-state index in [4.69, 9.17) is 6.42 Å². The highest BCUT2D eigenvalue weighted by molar-refractivity contribution is 5.30. The second-order valence-corrected chi connectivity index (χ2v) is 1.51. The molecule has 0 heteroatoms. The monoisotopic (exact) mass is 104 g/mol. The number of hydrogen-bond acceptors (Lipinski definition) is 0. The molecule has 0 unspecified atom stereocenters. The summed E-state index contributed by atoms with van der Waals surface area (Å²) >= 11 is 0. The third-order valence-corrected chi connectivity index (χ3v) is 0.940. The third-order valence-electron chi connectivity index (χ3n) is 0.940. The minimum atomic E-state index is 0.938. The molecular formula is C8H6. The van der Waals surface area contributed by atoms with Crippen LogP contribution in [-0.2, 0) is 0 Å². The average Bonchev–Trinajstić information content (AvgIpc) is 1.90. The van der Waals surface area contributed by atoms with Crippen LogP contribution in [0.25, 0.3) is 0 Å². The Bertz CT molecular complexity index is 191. The Morgan fingerprint density at radius 1 is 1.12 bits per heavy atom.